The number of carbonyl (C=O) groups is 1. The van der Waals surface area contributed by atoms with E-state index in [9.17, 15) is 4.79 Å². The SMILES string of the molecule is COCCCOC(=O)c1cnc(-c2ccccc2)nc1. The lowest BCUT2D eigenvalue weighted by molar-refractivity contribution is 0.0467. The number of carbonyl (C=O) groups excluding carboxylic acids is 1. The van der Waals surface area contributed by atoms with E-state index in [2.05, 4.69) is 9.97 Å². The van der Waals surface area contributed by atoms with Gasteiger partial charge in [-0.3, -0.25) is 0 Å². The molecule has 0 N–H and O–H groups in total. The van der Waals surface area contributed by atoms with Gasteiger partial charge in [0.25, 0.3) is 0 Å². The smallest absolute Gasteiger partial charge is 0.341 e. The first-order valence-electron chi connectivity index (χ1n) is 6.35. The Hall–Kier alpha value is -2.27. The van der Waals surface area contributed by atoms with Crippen LogP contribution in [0.3, 0.4) is 0 Å². The zero-order valence-corrected chi connectivity index (χ0v) is 11.3. The van der Waals surface area contributed by atoms with Gasteiger partial charge in [0.1, 0.15) is 0 Å². The number of nitrogens with zero attached hydrogens (tertiary/aromatic N) is 2. The highest BCUT2D eigenvalue weighted by atomic mass is 16.5. The molecule has 0 saturated carbocycles. The van der Waals surface area contributed by atoms with Crippen LogP contribution in [0.4, 0.5) is 0 Å². The molecule has 5 heteroatoms. The van der Waals surface area contributed by atoms with Crippen LogP contribution < -0.4 is 0 Å². The van der Waals surface area contributed by atoms with Crippen LogP contribution >= 0.6 is 0 Å². The van der Waals surface area contributed by atoms with Crippen molar-refractivity contribution in [3.05, 3.63) is 48.3 Å². The van der Waals surface area contributed by atoms with Crippen LogP contribution in [0.1, 0.15) is 16.8 Å². The molecule has 1 aromatic heterocycles. The molecule has 1 heterocycles. The lowest BCUT2D eigenvalue weighted by Gasteiger charge is -2.04. The maximum Gasteiger partial charge on any atom is 0.341 e. The Labute approximate surface area is 117 Å². The standard InChI is InChI=1S/C15H16N2O3/c1-19-8-5-9-20-15(18)13-10-16-14(17-11-13)12-6-3-2-4-7-12/h2-4,6-7,10-11H,5,8-9H2,1H3. The summed E-state index contributed by atoms with van der Waals surface area (Å²) in [6, 6.07) is 9.58. The molecular weight excluding hydrogens is 256 g/mol. The molecule has 104 valence electrons. The number of methoxy groups -OCH3 is 1. The molecule has 0 unspecified atom stereocenters. The van der Waals surface area contributed by atoms with Crippen LogP contribution in [0, 0.1) is 0 Å². The van der Waals surface area contributed by atoms with Crippen LogP contribution in [0.5, 0.6) is 0 Å². The summed E-state index contributed by atoms with van der Waals surface area (Å²) in [5.74, 6) is 0.169. The van der Waals surface area contributed by atoms with Crippen molar-refractivity contribution in [2.24, 2.45) is 0 Å². The third kappa shape index (κ3) is 3.86. The molecule has 2 rings (SSSR count). The van der Waals surface area contributed by atoms with Gasteiger partial charge in [-0.05, 0) is 0 Å². The average molecular weight is 272 g/mol. The minimum absolute atomic E-state index is 0.326. The molecule has 0 saturated heterocycles. The average Bonchev–Trinajstić information content (AvgIpc) is 2.52. The molecular formula is C15H16N2O3. The molecule has 0 atom stereocenters. The Morgan fingerprint density at radius 1 is 1.10 bits per heavy atom. The highest BCUT2D eigenvalue weighted by Crippen LogP contribution is 2.13. The van der Waals surface area contributed by atoms with Crippen molar-refractivity contribution in [3.8, 4) is 11.4 Å². The molecule has 20 heavy (non-hydrogen) atoms. The highest BCUT2D eigenvalue weighted by Gasteiger charge is 2.09. The van der Waals surface area contributed by atoms with Crippen molar-refractivity contribution >= 4 is 5.97 Å². The van der Waals surface area contributed by atoms with Gasteiger partial charge in [0.2, 0.25) is 0 Å². The van der Waals surface area contributed by atoms with E-state index in [1.165, 1.54) is 12.4 Å². The van der Waals surface area contributed by atoms with Gasteiger partial charge in [0.05, 0.1) is 12.2 Å². The molecule has 0 aliphatic heterocycles. The van der Waals surface area contributed by atoms with E-state index >= 15 is 0 Å². The van der Waals surface area contributed by atoms with Crippen LogP contribution in [-0.4, -0.2) is 36.3 Å². The Kier molecular flexibility index (Phi) is 5.20. The Bertz CT molecular complexity index is 541. The van der Waals surface area contributed by atoms with Crippen molar-refractivity contribution in [2.45, 2.75) is 6.42 Å². The lowest BCUT2D eigenvalue weighted by atomic mass is 10.2. The monoisotopic (exact) mass is 272 g/mol. The summed E-state index contributed by atoms with van der Waals surface area (Å²) in [4.78, 5) is 20.1. The maximum absolute atomic E-state index is 11.7. The second-order valence-electron chi connectivity index (χ2n) is 4.14. The molecule has 2 aromatic rings. The minimum atomic E-state index is -0.416. The van der Waals surface area contributed by atoms with Crippen molar-refractivity contribution < 1.29 is 14.3 Å². The predicted octanol–water partition coefficient (Wildman–Crippen LogP) is 2.34. The van der Waals surface area contributed by atoms with E-state index in [1.54, 1.807) is 7.11 Å². The second-order valence-corrected chi connectivity index (χ2v) is 4.14. The Balaban J connectivity index is 1.96. The summed E-state index contributed by atoms with van der Waals surface area (Å²) in [6.45, 7) is 0.893. The van der Waals surface area contributed by atoms with Gasteiger partial charge in [0, 0.05) is 38.1 Å². The molecule has 0 fully saturated rings. The van der Waals surface area contributed by atoms with E-state index in [0.717, 1.165) is 5.56 Å². The molecule has 0 radical (unpaired) electrons. The van der Waals surface area contributed by atoms with E-state index in [1.807, 2.05) is 30.3 Å². The zero-order valence-electron chi connectivity index (χ0n) is 11.3. The summed E-state index contributed by atoms with van der Waals surface area (Å²) in [7, 11) is 1.61. The van der Waals surface area contributed by atoms with E-state index < -0.39 is 5.97 Å². The molecule has 0 aliphatic rings. The van der Waals surface area contributed by atoms with E-state index in [-0.39, 0.29) is 0 Å². The number of hydrogen-bond donors (Lipinski definition) is 0. The molecule has 0 amide bonds. The topological polar surface area (TPSA) is 61.3 Å². The van der Waals surface area contributed by atoms with Gasteiger partial charge >= 0.3 is 5.97 Å². The summed E-state index contributed by atoms with van der Waals surface area (Å²) in [5.41, 5.74) is 1.26. The fourth-order valence-corrected chi connectivity index (χ4v) is 1.62. The number of hydrogen-bond acceptors (Lipinski definition) is 5. The van der Waals surface area contributed by atoms with Crippen molar-refractivity contribution in [3.63, 3.8) is 0 Å². The number of rotatable bonds is 6. The summed E-state index contributed by atoms with van der Waals surface area (Å²) < 4.78 is 9.95. The van der Waals surface area contributed by atoms with Crippen LogP contribution in [0.15, 0.2) is 42.7 Å². The van der Waals surface area contributed by atoms with Gasteiger partial charge in [-0.1, -0.05) is 30.3 Å². The summed E-state index contributed by atoms with van der Waals surface area (Å²) in [5, 5.41) is 0. The first-order chi connectivity index (χ1) is 9.81. The van der Waals surface area contributed by atoms with E-state index in [0.29, 0.717) is 31.0 Å². The quantitative estimate of drug-likeness (QED) is 0.596. The Morgan fingerprint density at radius 2 is 1.80 bits per heavy atom. The van der Waals surface area contributed by atoms with Crippen LogP contribution in [-0.2, 0) is 9.47 Å². The normalized spacial score (nSPS) is 10.2. The summed E-state index contributed by atoms with van der Waals surface area (Å²) in [6.07, 6.45) is 3.63. The third-order valence-corrected chi connectivity index (χ3v) is 2.65. The fraction of sp³-hybridized carbons (Fsp3) is 0.267. The largest absolute Gasteiger partial charge is 0.462 e. The number of ether oxygens (including phenoxy) is 2. The van der Waals surface area contributed by atoms with Crippen LogP contribution in [0.25, 0.3) is 11.4 Å². The van der Waals surface area contributed by atoms with Gasteiger partial charge < -0.3 is 9.47 Å². The second kappa shape index (κ2) is 7.35. The number of aromatic nitrogens is 2. The van der Waals surface area contributed by atoms with Gasteiger partial charge in [0.15, 0.2) is 5.82 Å². The van der Waals surface area contributed by atoms with Gasteiger partial charge in [-0.15, -0.1) is 0 Å². The Morgan fingerprint density at radius 3 is 2.45 bits per heavy atom. The first kappa shape index (κ1) is 14.1. The van der Waals surface area contributed by atoms with E-state index in [4.69, 9.17) is 9.47 Å². The maximum atomic E-state index is 11.7. The van der Waals surface area contributed by atoms with Gasteiger partial charge in [-0.2, -0.15) is 0 Å². The van der Waals surface area contributed by atoms with Crippen LogP contribution in [0.2, 0.25) is 0 Å². The predicted molar refractivity (Wildman–Crippen MR) is 74.2 cm³/mol. The number of benzene rings is 1. The first-order valence-corrected chi connectivity index (χ1v) is 6.35. The molecule has 0 aliphatic carbocycles. The van der Waals surface area contributed by atoms with Crippen molar-refractivity contribution in [1.82, 2.24) is 9.97 Å². The van der Waals surface area contributed by atoms with Gasteiger partial charge in [-0.25, -0.2) is 14.8 Å². The van der Waals surface area contributed by atoms with Crippen molar-refractivity contribution in [2.75, 3.05) is 20.3 Å². The zero-order chi connectivity index (χ0) is 14.2. The molecule has 0 bridgehead atoms. The summed E-state index contributed by atoms with van der Waals surface area (Å²) >= 11 is 0. The van der Waals surface area contributed by atoms with Crippen molar-refractivity contribution in [1.29, 1.82) is 0 Å². The molecule has 5 nitrogen and oxygen atoms in total. The highest BCUT2D eigenvalue weighted by molar-refractivity contribution is 5.88. The third-order valence-electron chi connectivity index (χ3n) is 2.65. The number of esters is 1. The molecule has 0 spiro atoms. The lowest BCUT2D eigenvalue weighted by Crippen LogP contribution is -2.09. The fourth-order valence-electron chi connectivity index (χ4n) is 1.62. The minimum Gasteiger partial charge on any atom is -0.462 e. The molecule has 1 aromatic carbocycles.